The van der Waals surface area contributed by atoms with Crippen LogP contribution in [0, 0.1) is 0 Å². The molecule has 1 fully saturated rings. The zero-order valence-electron chi connectivity index (χ0n) is 12.2. The van der Waals surface area contributed by atoms with Crippen LogP contribution < -0.4 is 0 Å². The molecule has 0 N–H and O–H groups in total. The van der Waals surface area contributed by atoms with Gasteiger partial charge in [0.2, 0.25) is 5.91 Å². The summed E-state index contributed by atoms with van der Waals surface area (Å²) in [6.07, 6.45) is 1.26. The average Bonchev–Trinajstić information content (AvgIpc) is 2.92. The lowest BCUT2D eigenvalue weighted by Gasteiger charge is -2.35. The quantitative estimate of drug-likeness (QED) is 0.855. The molecule has 1 atom stereocenters. The fourth-order valence-electron chi connectivity index (χ4n) is 2.81. The minimum absolute atomic E-state index is 0.0419. The van der Waals surface area contributed by atoms with Gasteiger partial charge in [0.15, 0.2) is 0 Å². The van der Waals surface area contributed by atoms with Crippen LogP contribution in [0.2, 0.25) is 0 Å². The number of rotatable bonds is 2. The van der Waals surface area contributed by atoms with Gasteiger partial charge in [0.05, 0.1) is 5.56 Å². The Kier molecular flexibility index (Phi) is 3.68. The molecule has 0 bridgehead atoms. The molecule has 4 nitrogen and oxygen atoms in total. The summed E-state index contributed by atoms with van der Waals surface area (Å²) >= 11 is 1.60. The van der Waals surface area contributed by atoms with Crippen LogP contribution in [0.4, 0.5) is 0 Å². The second-order valence-corrected chi connectivity index (χ2v) is 6.44. The van der Waals surface area contributed by atoms with Gasteiger partial charge in [-0.2, -0.15) is 0 Å². The van der Waals surface area contributed by atoms with Crippen LogP contribution in [0.5, 0.6) is 0 Å². The van der Waals surface area contributed by atoms with E-state index < -0.39 is 0 Å². The molecule has 2 heterocycles. The van der Waals surface area contributed by atoms with Gasteiger partial charge in [-0.3, -0.25) is 9.59 Å². The van der Waals surface area contributed by atoms with E-state index >= 15 is 0 Å². The zero-order chi connectivity index (χ0) is 15.0. The minimum Gasteiger partial charge on any atom is -0.344 e. The summed E-state index contributed by atoms with van der Waals surface area (Å²) in [5.74, 6) is 0.202. The Hall–Kier alpha value is -1.88. The SMILES string of the molecule is CN1C[C@H](N(C)C(=O)c2csc3ccccc23)CCC1=O. The maximum atomic E-state index is 12.7. The van der Waals surface area contributed by atoms with Gasteiger partial charge < -0.3 is 9.80 Å². The van der Waals surface area contributed by atoms with E-state index in [4.69, 9.17) is 0 Å². The number of likely N-dealkylation sites (tertiary alicyclic amines) is 1. The van der Waals surface area contributed by atoms with Crippen LogP contribution in [0.15, 0.2) is 29.6 Å². The summed E-state index contributed by atoms with van der Waals surface area (Å²) in [4.78, 5) is 27.8. The van der Waals surface area contributed by atoms with Crippen molar-refractivity contribution in [2.75, 3.05) is 20.6 Å². The molecule has 1 saturated heterocycles. The van der Waals surface area contributed by atoms with E-state index in [0.717, 1.165) is 22.1 Å². The van der Waals surface area contributed by atoms with Gasteiger partial charge >= 0.3 is 0 Å². The molecule has 0 unspecified atom stereocenters. The zero-order valence-corrected chi connectivity index (χ0v) is 13.0. The summed E-state index contributed by atoms with van der Waals surface area (Å²) in [5.41, 5.74) is 0.762. The number of amides is 2. The Balaban J connectivity index is 1.83. The highest BCUT2D eigenvalue weighted by Gasteiger charge is 2.29. The minimum atomic E-state index is 0.0419. The number of piperidine rings is 1. The first-order valence-electron chi connectivity index (χ1n) is 7.05. The second kappa shape index (κ2) is 5.48. The third-order valence-electron chi connectivity index (χ3n) is 4.18. The number of benzene rings is 1. The first-order chi connectivity index (χ1) is 10.1. The highest BCUT2D eigenvalue weighted by atomic mass is 32.1. The molecule has 2 amide bonds. The van der Waals surface area contributed by atoms with Crippen LogP contribution in [-0.4, -0.2) is 48.3 Å². The van der Waals surface area contributed by atoms with Crippen molar-refractivity contribution in [2.24, 2.45) is 0 Å². The molecule has 0 saturated carbocycles. The summed E-state index contributed by atoms with van der Waals surface area (Å²) in [7, 11) is 3.63. The second-order valence-electron chi connectivity index (χ2n) is 5.53. The van der Waals surface area contributed by atoms with Crippen molar-refractivity contribution in [3.8, 4) is 0 Å². The van der Waals surface area contributed by atoms with E-state index in [0.29, 0.717) is 13.0 Å². The molecule has 1 aliphatic rings. The molecule has 110 valence electrons. The largest absolute Gasteiger partial charge is 0.344 e. The third-order valence-corrected chi connectivity index (χ3v) is 5.14. The number of likely N-dealkylation sites (N-methyl/N-ethyl adjacent to an activating group) is 2. The van der Waals surface area contributed by atoms with Gasteiger partial charge in [-0.1, -0.05) is 18.2 Å². The van der Waals surface area contributed by atoms with Crippen LogP contribution in [0.1, 0.15) is 23.2 Å². The van der Waals surface area contributed by atoms with Crippen LogP contribution >= 0.6 is 11.3 Å². The molecule has 0 radical (unpaired) electrons. The Bertz CT molecular complexity index is 694. The number of carbonyl (C=O) groups excluding carboxylic acids is 2. The van der Waals surface area contributed by atoms with Crippen molar-refractivity contribution in [2.45, 2.75) is 18.9 Å². The maximum absolute atomic E-state index is 12.7. The number of fused-ring (bicyclic) bond motifs is 1. The molecule has 21 heavy (non-hydrogen) atoms. The topological polar surface area (TPSA) is 40.6 Å². The summed E-state index contributed by atoms with van der Waals surface area (Å²) in [5, 5.41) is 2.95. The van der Waals surface area contributed by atoms with Crippen molar-refractivity contribution in [1.29, 1.82) is 0 Å². The summed E-state index contributed by atoms with van der Waals surface area (Å²) in [6.45, 7) is 0.614. The number of hydrogen-bond donors (Lipinski definition) is 0. The highest BCUT2D eigenvalue weighted by molar-refractivity contribution is 7.17. The first kappa shape index (κ1) is 14.1. The van der Waals surface area contributed by atoms with Crippen molar-refractivity contribution >= 4 is 33.2 Å². The van der Waals surface area contributed by atoms with E-state index in [9.17, 15) is 9.59 Å². The lowest BCUT2D eigenvalue weighted by molar-refractivity contribution is -0.133. The highest BCUT2D eigenvalue weighted by Crippen LogP contribution is 2.27. The maximum Gasteiger partial charge on any atom is 0.255 e. The van der Waals surface area contributed by atoms with Gasteiger partial charge in [0, 0.05) is 48.6 Å². The number of thiophene rings is 1. The molecular formula is C16H18N2O2S. The van der Waals surface area contributed by atoms with Gasteiger partial charge in [-0.05, 0) is 12.5 Å². The van der Waals surface area contributed by atoms with Gasteiger partial charge in [-0.25, -0.2) is 0 Å². The van der Waals surface area contributed by atoms with Crippen LogP contribution in [0.3, 0.4) is 0 Å². The lowest BCUT2D eigenvalue weighted by atomic mass is 10.0. The molecule has 3 rings (SSSR count). The fraction of sp³-hybridized carbons (Fsp3) is 0.375. The molecule has 1 aromatic heterocycles. The van der Waals surface area contributed by atoms with Gasteiger partial charge in [0.1, 0.15) is 0 Å². The lowest BCUT2D eigenvalue weighted by Crippen LogP contribution is -2.49. The smallest absolute Gasteiger partial charge is 0.255 e. The standard InChI is InChI=1S/C16H18N2O2S/c1-17-9-11(7-8-15(17)19)18(2)16(20)13-10-21-14-6-4-3-5-12(13)14/h3-6,10-11H,7-9H2,1-2H3/t11-/m1/s1. The fourth-order valence-corrected chi connectivity index (χ4v) is 3.74. The molecule has 2 aromatic rings. The molecule has 5 heteroatoms. The van der Waals surface area contributed by atoms with Crippen molar-refractivity contribution in [3.63, 3.8) is 0 Å². The van der Waals surface area contributed by atoms with Crippen LogP contribution in [-0.2, 0) is 4.79 Å². The Morgan fingerprint density at radius 1 is 1.38 bits per heavy atom. The van der Waals surface area contributed by atoms with Gasteiger partial charge in [-0.15, -0.1) is 11.3 Å². The predicted octanol–water partition coefficient (Wildman–Crippen LogP) is 2.59. The molecule has 1 aliphatic heterocycles. The number of hydrogen-bond acceptors (Lipinski definition) is 3. The normalized spacial score (nSPS) is 19.0. The van der Waals surface area contributed by atoms with Crippen molar-refractivity contribution in [1.82, 2.24) is 9.80 Å². The van der Waals surface area contributed by atoms with E-state index in [2.05, 4.69) is 0 Å². The third kappa shape index (κ3) is 2.53. The predicted molar refractivity (Wildman–Crippen MR) is 84.6 cm³/mol. The number of nitrogens with zero attached hydrogens (tertiary/aromatic N) is 2. The Morgan fingerprint density at radius 2 is 2.14 bits per heavy atom. The van der Waals surface area contributed by atoms with E-state index in [1.165, 1.54) is 0 Å². The molecular weight excluding hydrogens is 284 g/mol. The summed E-state index contributed by atoms with van der Waals surface area (Å²) in [6, 6.07) is 8.06. The van der Waals surface area contributed by atoms with Gasteiger partial charge in [0.25, 0.3) is 5.91 Å². The average molecular weight is 302 g/mol. The van der Waals surface area contributed by atoms with Crippen molar-refractivity contribution < 1.29 is 9.59 Å². The first-order valence-corrected chi connectivity index (χ1v) is 7.93. The molecule has 1 aromatic carbocycles. The van der Waals surface area contributed by atoms with Crippen molar-refractivity contribution in [3.05, 3.63) is 35.2 Å². The summed E-state index contributed by atoms with van der Waals surface area (Å²) < 4.78 is 1.13. The Labute approximate surface area is 128 Å². The Morgan fingerprint density at radius 3 is 2.90 bits per heavy atom. The van der Waals surface area contributed by atoms with Crippen LogP contribution in [0.25, 0.3) is 10.1 Å². The molecule has 0 spiro atoms. The van der Waals surface area contributed by atoms with E-state index in [-0.39, 0.29) is 17.9 Å². The monoisotopic (exact) mass is 302 g/mol. The van der Waals surface area contributed by atoms with E-state index in [1.54, 1.807) is 28.2 Å². The number of carbonyl (C=O) groups is 2. The van der Waals surface area contributed by atoms with E-state index in [1.807, 2.05) is 36.7 Å². The molecule has 0 aliphatic carbocycles.